The van der Waals surface area contributed by atoms with Crippen LogP contribution in [0.1, 0.15) is 40.2 Å². The van der Waals surface area contributed by atoms with E-state index >= 15 is 0 Å². The summed E-state index contributed by atoms with van der Waals surface area (Å²) in [6.07, 6.45) is 2.60. The van der Waals surface area contributed by atoms with Crippen LogP contribution < -0.4 is 10.1 Å². The lowest BCUT2D eigenvalue weighted by molar-refractivity contribution is -0.132. The summed E-state index contributed by atoms with van der Waals surface area (Å²) >= 11 is 0. The maximum Gasteiger partial charge on any atom is 0.408 e. The zero-order chi connectivity index (χ0) is 19.7. The third-order valence-corrected chi connectivity index (χ3v) is 5.08. The van der Waals surface area contributed by atoms with Crippen LogP contribution in [-0.2, 0) is 15.1 Å². The summed E-state index contributed by atoms with van der Waals surface area (Å²) in [6.45, 7) is 3.66. The van der Waals surface area contributed by atoms with E-state index < -0.39 is 23.5 Å². The standard InChI is InChI=1S/C22H19NO5/c1-2-13-27-21(26)23-22(11-12-22)15-9-7-14(8-10-15)19(24)18-16-5-3-4-6-17(16)28-20(18)25/h2-10,18H,1,11-13H2,(H,23,26). The number of esters is 1. The average Bonchev–Trinajstić information content (AvgIpc) is 3.40. The molecular formula is C22H19NO5. The minimum absolute atomic E-state index is 0.147. The number of para-hydroxylation sites is 1. The minimum Gasteiger partial charge on any atom is -0.445 e. The van der Waals surface area contributed by atoms with E-state index in [1.165, 1.54) is 6.08 Å². The molecule has 1 atom stereocenters. The number of ketones is 1. The second-order valence-corrected chi connectivity index (χ2v) is 6.93. The molecular weight excluding hydrogens is 358 g/mol. The Bertz CT molecular complexity index is 959. The number of hydrogen-bond donors (Lipinski definition) is 1. The normalized spacial score (nSPS) is 18.6. The van der Waals surface area contributed by atoms with Gasteiger partial charge >= 0.3 is 12.1 Å². The molecule has 1 N–H and O–H groups in total. The molecule has 0 aromatic heterocycles. The van der Waals surface area contributed by atoms with Crippen LogP contribution >= 0.6 is 0 Å². The average molecular weight is 377 g/mol. The molecule has 142 valence electrons. The number of amides is 1. The van der Waals surface area contributed by atoms with Gasteiger partial charge in [-0.1, -0.05) is 55.1 Å². The van der Waals surface area contributed by atoms with E-state index in [-0.39, 0.29) is 12.4 Å². The molecule has 6 heteroatoms. The van der Waals surface area contributed by atoms with Crippen LogP contribution in [0.2, 0.25) is 0 Å². The van der Waals surface area contributed by atoms with Crippen molar-refractivity contribution in [1.82, 2.24) is 5.32 Å². The Morgan fingerprint density at radius 2 is 1.89 bits per heavy atom. The lowest BCUT2D eigenvalue weighted by Crippen LogP contribution is -2.35. The van der Waals surface area contributed by atoms with Gasteiger partial charge in [0.25, 0.3) is 0 Å². The Kier molecular flexibility index (Phi) is 4.47. The van der Waals surface area contributed by atoms with Crippen molar-refractivity contribution in [1.29, 1.82) is 0 Å². The fraction of sp³-hybridized carbons (Fsp3) is 0.227. The first-order valence-electron chi connectivity index (χ1n) is 9.05. The maximum absolute atomic E-state index is 12.9. The summed E-state index contributed by atoms with van der Waals surface area (Å²) in [7, 11) is 0. The Morgan fingerprint density at radius 1 is 1.18 bits per heavy atom. The van der Waals surface area contributed by atoms with Crippen LogP contribution in [0.3, 0.4) is 0 Å². The molecule has 1 aliphatic heterocycles. The molecule has 2 aromatic rings. The van der Waals surface area contributed by atoms with Gasteiger partial charge in [-0.3, -0.25) is 9.59 Å². The molecule has 0 saturated heterocycles. The van der Waals surface area contributed by atoms with Crippen molar-refractivity contribution in [2.24, 2.45) is 0 Å². The maximum atomic E-state index is 12.9. The summed E-state index contributed by atoms with van der Waals surface area (Å²) < 4.78 is 10.2. The van der Waals surface area contributed by atoms with Gasteiger partial charge in [0.15, 0.2) is 5.78 Å². The highest BCUT2D eigenvalue weighted by atomic mass is 16.5. The molecule has 2 aliphatic rings. The van der Waals surface area contributed by atoms with Gasteiger partial charge in [0.05, 0.1) is 5.54 Å². The summed E-state index contributed by atoms with van der Waals surface area (Å²) in [5, 5.41) is 2.87. The summed E-state index contributed by atoms with van der Waals surface area (Å²) in [6, 6.07) is 13.9. The fourth-order valence-electron chi connectivity index (χ4n) is 3.45. The number of rotatable bonds is 6. The van der Waals surface area contributed by atoms with Crippen molar-refractivity contribution in [2.75, 3.05) is 6.61 Å². The van der Waals surface area contributed by atoms with Gasteiger partial charge in [0, 0.05) is 11.1 Å². The van der Waals surface area contributed by atoms with Crippen molar-refractivity contribution in [3.05, 3.63) is 77.9 Å². The molecule has 0 spiro atoms. The van der Waals surface area contributed by atoms with Crippen molar-refractivity contribution >= 4 is 17.8 Å². The first-order chi connectivity index (χ1) is 13.5. The van der Waals surface area contributed by atoms with Gasteiger partial charge in [-0.15, -0.1) is 0 Å². The van der Waals surface area contributed by atoms with E-state index in [1.54, 1.807) is 48.5 Å². The number of Topliss-reactive ketones (excluding diaryl/α,β-unsaturated/α-hetero) is 1. The molecule has 28 heavy (non-hydrogen) atoms. The van der Waals surface area contributed by atoms with E-state index in [0.29, 0.717) is 16.9 Å². The Balaban J connectivity index is 1.51. The van der Waals surface area contributed by atoms with Crippen LogP contribution in [0.4, 0.5) is 4.79 Å². The first kappa shape index (κ1) is 18.0. The highest BCUT2D eigenvalue weighted by molar-refractivity contribution is 6.15. The SMILES string of the molecule is C=CCOC(=O)NC1(c2ccc(C(=O)C3C(=O)Oc4ccccc43)cc2)CC1. The number of hydrogen-bond acceptors (Lipinski definition) is 5. The van der Waals surface area contributed by atoms with Crippen LogP contribution in [0.25, 0.3) is 0 Å². The molecule has 1 saturated carbocycles. The monoisotopic (exact) mass is 377 g/mol. The highest BCUT2D eigenvalue weighted by Gasteiger charge is 2.46. The van der Waals surface area contributed by atoms with E-state index in [9.17, 15) is 14.4 Å². The van der Waals surface area contributed by atoms with Gasteiger partial charge in [-0.05, 0) is 24.5 Å². The number of benzene rings is 2. The summed E-state index contributed by atoms with van der Waals surface area (Å²) in [5.74, 6) is -1.36. The van der Waals surface area contributed by atoms with Crippen molar-refractivity contribution in [3.63, 3.8) is 0 Å². The van der Waals surface area contributed by atoms with Gasteiger partial charge in [-0.2, -0.15) is 0 Å². The van der Waals surface area contributed by atoms with Crippen LogP contribution in [0.5, 0.6) is 5.75 Å². The van der Waals surface area contributed by atoms with Crippen LogP contribution in [-0.4, -0.2) is 24.5 Å². The quantitative estimate of drug-likeness (QED) is 0.274. The Labute approximate surface area is 162 Å². The summed E-state index contributed by atoms with van der Waals surface area (Å²) in [4.78, 5) is 36.9. The molecule has 4 rings (SSSR count). The third kappa shape index (κ3) is 3.17. The second-order valence-electron chi connectivity index (χ2n) is 6.93. The lowest BCUT2D eigenvalue weighted by Gasteiger charge is -2.18. The third-order valence-electron chi connectivity index (χ3n) is 5.08. The number of fused-ring (bicyclic) bond motifs is 1. The topological polar surface area (TPSA) is 81.7 Å². The zero-order valence-electron chi connectivity index (χ0n) is 15.1. The molecule has 0 bridgehead atoms. The van der Waals surface area contributed by atoms with Crippen LogP contribution in [0, 0.1) is 0 Å². The van der Waals surface area contributed by atoms with Gasteiger partial charge in [-0.25, -0.2) is 4.79 Å². The summed E-state index contributed by atoms with van der Waals surface area (Å²) in [5.41, 5.74) is 1.45. The van der Waals surface area contributed by atoms with Crippen molar-refractivity contribution in [3.8, 4) is 5.75 Å². The van der Waals surface area contributed by atoms with Gasteiger partial charge < -0.3 is 14.8 Å². The van der Waals surface area contributed by atoms with E-state index in [0.717, 1.165) is 18.4 Å². The number of ether oxygens (including phenoxy) is 2. The number of nitrogens with one attached hydrogen (secondary N) is 1. The molecule has 0 radical (unpaired) electrons. The molecule has 1 unspecified atom stereocenters. The van der Waals surface area contributed by atoms with Gasteiger partial charge in [0.2, 0.25) is 0 Å². The van der Waals surface area contributed by atoms with Gasteiger partial charge in [0.1, 0.15) is 18.3 Å². The van der Waals surface area contributed by atoms with Crippen molar-refractivity contribution in [2.45, 2.75) is 24.3 Å². The number of carbonyl (C=O) groups excluding carboxylic acids is 3. The van der Waals surface area contributed by atoms with Crippen molar-refractivity contribution < 1.29 is 23.9 Å². The molecule has 2 aromatic carbocycles. The highest BCUT2D eigenvalue weighted by Crippen LogP contribution is 2.46. The fourth-order valence-corrected chi connectivity index (χ4v) is 3.45. The number of carbonyl (C=O) groups is 3. The van der Waals surface area contributed by atoms with E-state index in [2.05, 4.69) is 11.9 Å². The molecule has 1 aliphatic carbocycles. The zero-order valence-corrected chi connectivity index (χ0v) is 15.1. The largest absolute Gasteiger partial charge is 0.445 e. The molecule has 1 amide bonds. The molecule has 1 fully saturated rings. The van der Waals surface area contributed by atoms with E-state index in [4.69, 9.17) is 9.47 Å². The Hall–Kier alpha value is -3.41. The predicted octanol–water partition coefficient (Wildman–Crippen LogP) is 3.47. The first-order valence-corrected chi connectivity index (χ1v) is 9.05. The predicted molar refractivity (Wildman–Crippen MR) is 101 cm³/mol. The molecule has 6 nitrogen and oxygen atoms in total. The smallest absolute Gasteiger partial charge is 0.408 e. The minimum atomic E-state index is -0.941. The molecule has 1 heterocycles. The number of alkyl carbamates (subject to hydrolysis) is 1. The Morgan fingerprint density at radius 3 is 2.57 bits per heavy atom. The van der Waals surface area contributed by atoms with E-state index in [1.807, 2.05) is 0 Å². The van der Waals surface area contributed by atoms with Crippen LogP contribution in [0.15, 0.2) is 61.2 Å². The lowest BCUT2D eigenvalue weighted by atomic mass is 9.91. The second kappa shape index (κ2) is 6.96.